The SMILES string of the molecule is CCCCCCCCCCCCCCCCCC(=O)[NH][Ti][C]1=C(C)C(C)=C(C)C1C. The summed E-state index contributed by atoms with van der Waals surface area (Å²) >= 11 is -0.509. The van der Waals surface area contributed by atoms with Crippen LogP contribution in [-0.4, -0.2) is 5.91 Å². The van der Waals surface area contributed by atoms with Crippen LogP contribution in [0.25, 0.3) is 0 Å². The van der Waals surface area contributed by atoms with Crippen LogP contribution < -0.4 is 3.80 Å². The van der Waals surface area contributed by atoms with E-state index in [2.05, 4.69) is 38.4 Å². The second kappa shape index (κ2) is 17.2. The van der Waals surface area contributed by atoms with Crippen LogP contribution in [0.3, 0.4) is 0 Å². The number of hydrogen-bond donors (Lipinski definition) is 1. The Morgan fingerprint density at radius 1 is 0.733 bits per heavy atom. The van der Waals surface area contributed by atoms with Crippen LogP contribution in [0.1, 0.15) is 137 Å². The van der Waals surface area contributed by atoms with Crippen molar-refractivity contribution in [2.24, 2.45) is 5.92 Å². The molecule has 1 amide bonds. The maximum atomic E-state index is 12.2. The molecule has 0 aromatic heterocycles. The molecule has 3 heteroatoms. The second-order valence-electron chi connectivity index (χ2n) is 9.44. The summed E-state index contributed by atoms with van der Waals surface area (Å²) in [6.07, 6.45) is 21.2. The zero-order valence-corrected chi connectivity index (χ0v) is 22.4. The molecule has 1 aliphatic carbocycles. The molecule has 1 rings (SSSR count). The molecule has 0 saturated heterocycles. The van der Waals surface area contributed by atoms with Crippen molar-refractivity contribution >= 4 is 5.91 Å². The second-order valence-corrected chi connectivity index (χ2v) is 11.1. The summed E-state index contributed by atoms with van der Waals surface area (Å²) in [4.78, 5) is 12.2. The van der Waals surface area contributed by atoms with Gasteiger partial charge in [0.2, 0.25) is 0 Å². The standard InChI is InChI=1S/C18H37NO.C9H13.Ti/c1-2-3-4-5-6-7-8-9-10-11-12-13-14-15-16-17-18(19)20;1-6-5-7(2)9(4)8(6)3;/h2-17H2,1H3,(H2,19,20);6H,1-4H3;/q;;+1/p-1. The first-order valence-corrected chi connectivity index (χ1v) is 14.5. The van der Waals surface area contributed by atoms with Crippen molar-refractivity contribution < 1.29 is 24.2 Å². The van der Waals surface area contributed by atoms with E-state index in [1.165, 1.54) is 110 Å². The van der Waals surface area contributed by atoms with Crippen LogP contribution >= 0.6 is 0 Å². The molecule has 30 heavy (non-hydrogen) atoms. The molecule has 2 nitrogen and oxygen atoms in total. The molecule has 0 fully saturated rings. The van der Waals surface area contributed by atoms with E-state index in [1.807, 2.05) is 0 Å². The van der Waals surface area contributed by atoms with E-state index in [4.69, 9.17) is 0 Å². The van der Waals surface area contributed by atoms with Crippen LogP contribution in [0, 0.1) is 5.92 Å². The number of unbranched alkanes of at least 4 members (excludes halogenated alkanes) is 14. The average Bonchev–Trinajstić information content (AvgIpc) is 2.92. The van der Waals surface area contributed by atoms with Crippen LogP contribution in [0.4, 0.5) is 0 Å². The van der Waals surface area contributed by atoms with Crippen LogP contribution in [0.2, 0.25) is 0 Å². The van der Waals surface area contributed by atoms with E-state index >= 15 is 0 Å². The minimum atomic E-state index is -0.509. The first-order chi connectivity index (χ1) is 14.5. The molecule has 1 atom stereocenters. The summed E-state index contributed by atoms with van der Waals surface area (Å²) in [6, 6.07) is 0. The van der Waals surface area contributed by atoms with E-state index < -0.39 is 19.4 Å². The zero-order valence-electron chi connectivity index (χ0n) is 20.8. The third kappa shape index (κ3) is 11.3. The van der Waals surface area contributed by atoms with E-state index in [9.17, 15) is 4.79 Å². The normalized spacial score (nSPS) is 16.5. The van der Waals surface area contributed by atoms with Crippen LogP contribution in [-0.2, 0) is 24.2 Å². The first kappa shape index (κ1) is 27.7. The van der Waals surface area contributed by atoms with Gasteiger partial charge in [0.15, 0.2) is 0 Å². The fourth-order valence-corrected chi connectivity index (χ4v) is 6.31. The molecule has 0 aliphatic heterocycles. The third-order valence-electron chi connectivity index (χ3n) is 6.98. The summed E-state index contributed by atoms with van der Waals surface area (Å²) < 4.78 is 4.80. The monoisotopic (exact) mass is 451 g/mol. The van der Waals surface area contributed by atoms with Gasteiger partial charge < -0.3 is 0 Å². The molecule has 0 heterocycles. The van der Waals surface area contributed by atoms with E-state index in [0.717, 1.165) is 6.42 Å². The van der Waals surface area contributed by atoms with Crippen molar-refractivity contribution in [1.29, 1.82) is 0 Å². The van der Waals surface area contributed by atoms with Crippen molar-refractivity contribution in [2.75, 3.05) is 0 Å². The molecule has 1 N–H and O–H groups in total. The Balaban J connectivity index is 1.89. The van der Waals surface area contributed by atoms with E-state index in [-0.39, 0.29) is 5.91 Å². The summed E-state index contributed by atoms with van der Waals surface area (Å²) in [5.41, 5.74) is 4.37. The van der Waals surface area contributed by atoms with Gasteiger partial charge in [-0.25, -0.2) is 0 Å². The molecule has 1 aliphatic rings. The Morgan fingerprint density at radius 2 is 1.17 bits per heavy atom. The Labute approximate surface area is 197 Å². The molecule has 0 saturated carbocycles. The van der Waals surface area contributed by atoms with Gasteiger partial charge in [0, 0.05) is 0 Å². The van der Waals surface area contributed by atoms with Crippen molar-refractivity contribution in [1.82, 2.24) is 3.80 Å². The molecular formula is C27H49NOTi. The number of allylic oxidation sites excluding steroid dienone is 4. The van der Waals surface area contributed by atoms with Crippen LogP contribution in [0.5, 0.6) is 0 Å². The summed E-state index contributed by atoms with van der Waals surface area (Å²) in [6.45, 7) is 11.3. The Morgan fingerprint density at radius 3 is 1.57 bits per heavy atom. The zero-order chi connectivity index (χ0) is 22.2. The fourth-order valence-electron chi connectivity index (χ4n) is 4.42. The number of rotatable bonds is 18. The molecule has 1 unspecified atom stereocenters. The summed E-state index contributed by atoms with van der Waals surface area (Å²) in [5.74, 6) is 0.815. The summed E-state index contributed by atoms with van der Waals surface area (Å²) in [5, 5.41) is 0. The fraction of sp³-hybridized carbons (Fsp3) is 0.815. The molecule has 172 valence electrons. The first-order valence-electron chi connectivity index (χ1n) is 12.9. The molecule has 0 spiro atoms. The van der Waals surface area contributed by atoms with Gasteiger partial charge in [-0.15, -0.1) is 0 Å². The average molecular weight is 452 g/mol. The molecule has 0 aromatic rings. The van der Waals surface area contributed by atoms with E-state index in [0.29, 0.717) is 12.3 Å². The van der Waals surface area contributed by atoms with Gasteiger partial charge in [-0.1, -0.05) is 45.4 Å². The van der Waals surface area contributed by atoms with Gasteiger partial charge in [0.1, 0.15) is 0 Å². The van der Waals surface area contributed by atoms with E-state index in [1.54, 1.807) is 0 Å². The molecule has 0 radical (unpaired) electrons. The van der Waals surface area contributed by atoms with Gasteiger partial charge in [0.05, 0.1) is 0 Å². The van der Waals surface area contributed by atoms with Gasteiger partial charge in [-0.2, -0.15) is 0 Å². The predicted octanol–water partition coefficient (Wildman–Crippen LogP) is 8.62. The van der Waals surface area contributed by atoms with Gasteiger partial charge in [-0.3, -0.25) is 0 Å². The predicted molar refractivity (Wildman–Crippen MR) is 128 cm³/mol. The maximum absolute atomic E-state index is 12.2. The number of carbonyl (C=O) groups is 1. The molecular weight excluding hydrogens is 402 g/mol. The number of carbonyl (C=O) groups excluding carboxylic acids is 1. The summed E-state index contributed by atoms with van der Waals surface area (Å²) in [7, 11) is 0. The van der Waals surface area contributed by atoms with Gasteiger partial charge in [0.25, 0.3) is 0 Å². The Kier molecular flexibility index (Phi) is 15.9. The quantitative estimate of drug-likeness (QED) is 0.164. The van der Waals surface area contributed by atoms with Crippen molar-refractivity contribution in [3.8, 4) is 0 Å². The Bertz CT molecular complexity index is 549. The topological polar surface area (TPSA) is 29.1 Å². The van der Waals surface area contributed by atoms with Crippen molar-refractivity contribution in [3.05, 3.63) is 20.6 Å². The van der Waals surface area contributed by atoms with Crippen molar-refractivity contribution in [2.45, 2.75) is 137 Å². The Hall–Kier alpha value is -0.336. The van der Waals surface area contributed by atoms with Crippen molar-refractivity contribution in [3.63, 3.8) is 0 Å². The molecule has 0 bridgehead atoms. The van der Waals surface area contributed by atoms with Gasteiger partial charge >= 0.3 is 152 Å². The minimum absolute atomic E-state index is 0.277. The van der Waals surface area contributed by atoms with Crippen LogP contribution in [0.15, 0.2) is 20.6 Å². The number of hydrogen-bond acceptors (Lipinski definition) is 1. The molecule has 0 aromatic carbocycles. The number of nitrogens with one attached hydrogen (secondary N) is 1. The van der Waals surface area contributed by atoms with Gasteiger partial charge in [-0.05, 0) is 0 Å². The third-order valence-corrected chi connectivity index (χ3v) is 9.30. The number of amides is 1.